The minimum Gasteiger partial charge on any atom is -0.495 e. The zero-order valence-electron chi connectivity index (χ0n) is 9.72. The summed E-state index contributed by atoms with van der Waals surface area (Å²) in [5, 5.41) is 8.96. The molecule has 90 valence electrons. The van der Waals surface area contributed by atoms with Gasteiger partial charge in [0.1, 0.15) is 11.6 Å². The van der Waals surface area contributed by atoms with Crippen LogP contribution in [0.5, 0.6) is 5.75 Å². The van der Waals surface area contributed by atoms with Crippen LogP contribution < -0.4 is 9.64 Å². The van der Waals surface area contributed by atoms with Crippen LogP contribution in [0.15, 0.2) is 18.3 Å². The van der Waals surface area contributed by atoms with Crippen molar-refractivity contribution in [3.8, 4) is 5.75 Å². The first-order valence-corrected chi connectivity index (χ1v) is 5.16. The van der Waals surface area contributed by atoms with Gasteiger partial charge in [0.2, 0.25) is 0 Å². The highest BCUT2D eigenvalue weighted by Gasteiger charge is 2.06. The van der Waals surface area contributed by atoms with Gasteiger partial charge in [0, 0.05) is 20.2 Å². The maximum atomic E-state index is 8.96. The van der Waals surface area contributed by atoms with Crippen LogP contribution in [0.1, 0.15) is 0 Å². The van der Waals surface area contributed by atoms with Gasteiger partial charge in [-0.2, -0.15) is 0 Å². The fourth-order valence-electron chi connectivity index (χ4n) is 1.34. The van der Waals surface area contributed by atoms with Crippen molar-refractivity contribution in [2.45, 2.75) is 0 Å². The third-order valence-corrected chi connectivity index (χ3v) is 2.22. The molecule has 0 aliphatic heterocycles. The van der Waals surface area contributed by atoms with E-state index in [1.165, 1.54) is 0 Å². The number of anilines is 1. The number of ether oxygens (including phenoxy) is 2. The van der Waals surface area contributed by atoms with Crippen molar-refractivity contribution in [1.82, 2.24) is 4.98 Å². The summed E-state index contributed by atoms with van der Waals surface area (Å²) in [7, 11) is 3.26. The Kier molecular flexibility index (Phi) is 5.60. The lowest BCUT2D eigenvalue weighted by atomic mass is 10.4. The maximum Gasteiger partial charge on any atom is 0.137 e. The molecule has 1 aromatic rings. The monoisotopic (exact) mass is 226 g/mol. The quantitative estimate of drug-likeness (QED) is 0.735. The van der Waals surface area contributed by atoms with Gasteiger partial charge in [-0.05, 0) is 12.1 Å². The lowest BCUT2D eigenvalue weighted by molar-refractivity contribution is 0.202. The fourth-order valence-corrected chi connectivity index (χ4v) is 1.34. The Balaban J connectivity index is 2.67. The molecule has 0 fully saturated rings. The third kappa shape index (κ3) is 3.67. The SMILES string of the molecule is COCCN(CCO)c1ccc(OC)cn1. The molecule has 0 unspecified atom stereocenters. The van der Waals surface area contributed by atoms with Crippen molar-refractivity contribution < 1.29 is 14.6 Å². The molecule has 1 heterocycles. The summed E-state index contributed by atoms with van der Waals surface area (Å²) < 4.78 is 10.0. The molecule has 0 aromatic carbocycles. The Bertz CT molecular complexity index is 290. The summed E-state index contributed by atoms with van der Waals surface area (Å²) in [6.45, 7) is 1.95. The smallest absolute Gasteiger partial charge is 0.137 e. The number of aliphatic hydroxyl groups is 1. The van der Waals surface area contributed by atoms with E-state index in [0.29, 0.717) is 19.7 Å². The Labute approximate surface area is 95.6 Å². The van der Waals surface area contributed by atoms with E-state index >= 15 is 0 Å². The lowest BCUT2D eigenvalue weighted by Crippen LogP contribution is -2.30. The Morgan fingerprint density at radius 3 is 2.62 bits per heavy atom. The number of aromatic nitrogens is 1. The Morgan fingerprint density at radius 1 is 1.31 bits per heavy atom. The van der Waals surface area contributed by atoms with Crippen LogP contribution in [0.25, 0.3) is 0 Å². The van der Waals surface area contributed by atoms with Crippen molar-refractivity contribution in [3.63, 3.8) is 0 Å². The second kappa shape index (κ2) is 7.03. The topological polar surface area (TPSA) is 54.8 Å². The normalized spacial score (nSPS) is 10.2. The predicted octanol–water partition coefficient (Wildman–Crippen LogP) is 0.535. The van der Waals surface area contributed by atoms with E-state index in [0.717, 1.165) is 11.6 Å². The molecular formula is C11H18N2O3. The van der Waals surface area contributed by atoms with Gasteiger partial charge in [-0.1, -0.05) is 0 Å². The molecule has 16 heavy (non-hydrogen) atoms. The molecule has 1 rings (SSSR count). The third-order valence-electron chi connectivity index (χ3n) is 2.22. The van der Waals surface area contributed by atoms with Gasteiger partial charge in [0.05, 0.1) is 26.5 Å². The summed E-state index contributed by atoms with van der Waals surface area (Å²) in [5.74, 6) is 1.53. The molecular weight excluding hydrogens is 208 g/mol. The summed E-state index contributed by atoms with van der Waals surface area (Å²) in [5.41, 5.74) is 0. The van der Waals surface area contributed by atoms with Gasteiger partial charge in [-0.3, -0.25) is 0 Å². The molecule has 5 nitrogen and oxygen atoms in total. The highest BCUT2D eigenvalue weighted by atomic mass is 16.5. The first-order valence-electron chi connectivity index (χ1n) is 5.16. The van der Waals surface area contributed by atoms with E-state index < -0.39 is 0 Å². The number of hydrogen-bond acceptors (Lipinski definition) is 5. The van der Waals surface area contributed by atoms with Crippen LogP contribution in [0.2, 0.25) is 0 Å². The van der Waals surface area contributed by atoms with Crippen molar-refractivity contribution in [2.75, 3.05) is 45.4 Å². The highest BCUT2D eigenvalue weighted by molar-refractivity contribution is 5.40. The van der Waals surface area contributed by atoms with Gasteiger partial charge in [0.25, 0.3) is 0 Å². The molecule has 0 saturated heterocycles. The van der Waals surface area contributed by atoms with E-state index in [-0.39, 0.29) is 6.61 Å². The summed E-state index contributed by atoms with van der Waals surface area (Å²) in [6.07, 6.45) is 1.66. The summed E-state index contributed by atoms with van der Waals surface area (Å²) in [6, 6.07) is 3.71. The van der Waals surface area contributed by atoms with Crippen molar-refractivity contribution >= 4 is 5.82 Å². The first kappa shape index (κ1) is 12.7. The van der Waals surface area contributed by atoms with Crippen molar-refractivity contribution in [3.05, 3.63) is 18.3 Å². The van der Waals surface area contributed by atoms with E-state index in [4.69, 9.17) is 14.6 Å². The first-order chi connectivity index (χ1) is 7.81. The van der Waals surface area contributed by atoms with E-state index in [1.54, 1.807) is 20.4 Å². The number of nitrogens with zero attached hydrogens (tertiary/aromatic N) is 2. The number of hydrogen-bond donors (Lipinski definition) is 1. The number of aliphatic hydroxyl groups excluding tert-OH is 1. The average molecular weight is 226 g/mol. The summed E-state index contributed by atoms with van der Waals surface area (Å²) >= 11 is 0. The summed E-state index contributed by atoms with van der Waals surface area (Å²) in [4.78, 5) is 6.22. The molecule has 0 aliphatic rings. The molecule has 0 saturated carbocycles. The molecule has 0 aliphatic carbocycles. The number of pyridine rings is 1. The standard InChI is InChI=1S/C11H18N2O3/c1-15-8-6-13(5-7-14)11-4-3-10(16-2)9-12-11/h3-4,9,14H,5-8H2,1-2H3. The largest absolute Gasteiger partial charge is 0.495 e. The van der Waals surface area contributed by atoms with Crippen LogP contribution in [-0.4, -0.2) is 50.6 Å². The lowest BCUT2D eigenvalue weighted by Gasteiger charge is -2.22. The van der Waals surface area contributed by atoms with Crippen LogP contribution in [0.3, 0.4) is 0 Å². The average Bonchev–Trinajstić information content (AvgIpc) is 2.35. The zero-order valence-corrected chi connectivity index (χ0v) is 9.72. The minimum absolute atomic E-state index is 0.0947. The second-order valence-corrected chi connectivity index (χ2v) is 3.26. The Morgan fingerprint density at radius 2 is 2.12 bits per heavy atom. The molecule has 0 spiro atoms. The Hall–Kier alpha value is -1.33. The van der Waals surface area contributed by atoms with E-state index in [9.17, 15) is 0 Å². The van der Waals surface area contributed by atoms with Gasteiger partial charge < -0.3 is 19.5 Å². The molecule has 1 N–H and O–H groups in total. The molecule has 0 amide bonds. The van der Waals surface area contributed by atoms with E-state index in [1.807, 2.05) is 17.0 Å². The van der Waals surface area contributed by atoms with Gasteiger partial charge in [-0.25, -0.2) is 4.98 Å². The van der Waals surface area contributed by atoms with Gasteiger partial charge in [0.15, 0.2) is 0 Å². The van der Waals surface area contributed by atoms with Crippen LogP contribution in [0.4, 0.5) is 5.82 Å². The van der Waals surface area contributed by atoms with Crippen molar-refractivity contribution in [1.29, 1.82) is 0 Å². The number of rotatable bonds is 7. The van der Waals surface area contributed by atoms with E-state index in [2.05, 4.69) is 4.98 Å². The molecule has 1 aromatic heterocycles. The molecule has 5 heteroatoms. The minimum atomic E-state index is 0.0947. The molecule has 0 bridgehead atoms. The predicted molar refractivity (Wildman–Crippen MR) is 62.0 cm³/mol. The van der Waals surface area contributed by atoms with Gasteiger partial charge >= 0.3 is 0 Å². The second-order valence-electron chi connectivity index (χ2n) is 3.26. The molecule has 0 radical (unpaired) electrons. The van der Waals surface area contributed by atoms with Crippen LogP contribution in [0, 0.1) is 0 Å². The van der Waals surface area contributed by atoms with Crippen LogP contribution >= 0.6 is 0 Å². The van der Waals surface area contributed by atoms with Gasteiger partial charge in [-0.15, -0.1) is 0 Å². The zero-order chi connectivity index (χ0) is 11.8. The highest BCUT2D eigenvalue weighted by Crippen LogP contribution is 2.14. The number of methoxy groups -OCH3 is 2. The fraction of sp³-hybridized carbons (Fsp3) is 0.545. The maximum absolute atomic E-state index is 8.96. The molecule has 0 atom stereocenters. The van der Waals surface area contributed by atoms with Crippen molar-refractivity contribution in [2.24, 2.45) is 0 Å². The van der Waals surface area contributed by atoms with Crippen LogP contribution in [-0.2, 0) is 4.74 Å².